The van der Waals surface area contributed by atoms with Gasteiger partial charge in [-0.3, -0.25) is 4.79 Å². The fraction of sp³-hybridized carbons (Fsp3) is 0.542. The van der Waals surface area contributed by atoms with E-state index in [1.54, 1.807) is 0 Å². The van der Waals surface area contributed by atoms with Crippen LogP contribution in [0.3, 0.4) is 0 Å². The SMILES string of the molecule is CN(C(=O)C1CCN(c2nc(-c3ccccc3)nc3c2CCC3)CC1)[C@H]1CCOC1. The zero-order valence-electron chi connectivity index (χ0n) is 17.7. The van der Waals surface area contributed by atoms with Crippen molar-refractivity contribution in [3.63, 3.8) is 0 Å². The Morgan fingerprint density at radius 3 is 2.63 bits per heavy atom. The van der Waals surface area contributed by atoms with Crippen LogP contribution in [0.2, 0.25) is 0 Å². The molecule has 0 N–H and O–H groups in total. The number of benzene rings is 1. The van der Waals surface area contributed by atoms with Crippen LogP contribution in [0.1, 0.15) is 36.9 Å². The van der Waals surface area contributed by atoms with Crippen LogP contribution in [0, 0.1) is 5.92 Å². The number of piperidine rings is 1. The number of carbonyl (C=O) groups excluding carboxylic acids is 1. The molecule has 2 saturated heterocycles. The molecule has 2 aromatic rings. The van der Waals surface area contributed by atoms with Crippen molar-refractivity contribution in [1.82, 2.24) is 14.9 Å². The van der Waals surface area contributed by atoms with Gasteiger partial charge in [-0.25, -0.2) is 9.97 Å². The molecule has 1 aromatic heterocycles. The second-order valence-electron chi connectivity index (χ2n) is 8.74. The third-order valence-corrected chi connectivity index (χ3v) is 6.89. The molecule has 0 bridgehead atoms. The number of likely N-dealkylation sites (N-methyl/N-ethyl adjacent to an activating group) is 1. The van der Waals surface area contributed by atoms with Crippen LogP contribution >= 0.6 is 0 Å². The molecule has 3 heterocycles. The Kier molecular flexibility index (Phi) is 5.42. The molecule has 1 aliphatic carbocycles. The largest absolute Gasteiger partial charge is 0.379 e. The van der Waals surface area contributed by atoms with Gasteiger partial charge in [0.15, 0.2) is 5.82 Å². The molecule has 0 radical (unpaired) electrons. The summed E-state index contributed by atoms with van der Waals surface area (Å²) in [4.78, 5) is 27.2. The van der Waals surface area contributed by atoms with E-state index >= 15 is 0 Å². The van der Waals surface area contributed by atoms with Gasteiger partial charge < -0.3 is 14.5 Å². The minimum absolute atomic E-state index is 0.107. The predicted molar refractivity (Wildman–Crippen MR) is 116 cm³/mol. The topological polar surface area (TPSA) is 58.6 Å². The number of ether oxygens (including phenoxy) is 1. The van der Waals surface area contributed by atoms with Crippen LogP contribution in [-0.2, 0) is 22.4 Å². The van der Waals surface area contributed by atoms with Gasteiger partial charge in [-0.15, -0.1) is 0 Å². The van der Waals surface area contributed by atoms with E-state index in [2.05, 4.69) is 17.0 Å². The highest BCUT2D eigenvalue weighted by Crippen LogP contribution is 2.34. The highest BCUT2D eigenvalue weighted by molar-refractivity contribution is 5.79. The first-order valence-corrected chi connectivity index (χ1v) is 11.3. The third kappa shape index (κ3) is 3.69. The number of hydrogen-bond donors (Lipinski definition) is 0. The van der Waals surface area contributed by atoms with E-state index in [0.717, 1.165) is 75.4 Å². The number of nitrogens with zero attached hydrogens (tertiary/aromatic N) is 4. The van der Waals surface area contributed by atoms with Crippen molar-refractivity contribution in [1.29, 1.82) is 0 Å². The van der Waals surface area contributed by atoms with E-state index in [9.17, 15) is 4.79 Å². The van der Waals surface area contributed by atoms with Crippen molar-refractivity contribution in [3.05, 3.63) is 41.6 Å². The maximum absolute atomic E-state index is 13.0. The van der Waals surface area contributed by atoms with Crippen LogP contribution in [-0.4, -0.2) is 60.2 Å². The molecule has 6 heteroatoms. The van der Waals surface area contributed by atoms with E-state index in [4.69, 9.17) is 14.7 Å². The molecule has 0 spiro atoms. The van der Waals surface area contributed by atoms with Crippen LogP contribution in [0.15, 0.2) is 30.3 Å². The summed E-state index contributed by atoms with van der Waals surface area (Å²) >= 11 is 0. The molecule has 0 saturated carbocycles. The smallest absolute Gasteiger partial charge is 0.225 e. The molecule has 1 amide bonds. The minimum Gasteiger partial charge on any atom is -0.379 e. The van der Waals surface area contributed by atoms with Crippen molar-refractivity contribution >= 4 is 11.7 Å². The highest BCUT2D eigenvalue weighted by atomic mass is 16.5. The van der Waals surface area contributed by atoms with Gasteiger partial charge in [-0.2, -0.15) is 0 Å². The molecule has 0 unspecified atom stereocenters. The van der Waals surface area contributed by atoms with Crippen molar-refractivity contribution in [2.75, 3.05) is 38.3 Å². The molecule has 1 aromatic carbocycles. The van der Waals surface area contributed by atoms with Crippen molar-refractivity contribution in [2.45, 2.75) is 44.6 Å². The molecule has 2 fully saturated rings. The lowest BCUT2D eigenvalue weighted by atomic mass is 9.94. The highest BCUT2D eigenvalue weighted by Gasteiger charge is 2.33. The zero-order valence-corrected chi connectivity index (χ0v) is 17.7. The Bertz CT molecular complexity index is 903. The number of rotatable bonds is 4. The Morgan fingerprint density at radius 2 is 1.90 bits per heavy atom. The molecule has 5 rings (SSSR count). The van der Waals surface area contributed by atoms with Crippen LogP contribution < -0.4 is 4.90 Å². The van der Waals surface area contributed by atoms with Gasteiger partial charge in [0.2, 0.25) is 5.91 Å². The summed E-state index contributed by atoms with van der Waals surface area (Å²) in [5, 5.41) is 0. The predicted octanol–water partition coefficient (Wildman–Crippen LogP) is 3.10. The summed E-state index contributed by atoms with van der Waals surface area (Å²) < 4.78 is 5.46. The van der Waals surface area contributed by atoms with E-state index in [1.165, 1.54) is 11.3 Å². The summed E-state index contributed by atoms with van der Waals surface area (Å²) in [5.41, 5.74) is 3.59. The summed E-state index contributed by atoms with van der Waals surface area (Å²) in [5.74, 6) is 2.31. The van der Waals surface area contributed by atoms with Gasteiger partial charge in [0.1, 0.15) is 5.82 Å². The first-order valence-electron chi connectivity index (χ1n) is 11.3. The monoisotopic (exact) mass is 406 g/mol. The van der Waals surface area contributed by atoms with Crippen LogP contribution in [0.4, 0.5) is 5.82 Å². The summed E-state index contributed by atoms with van der Waals surface area (Å²) in [6.07, 6.45) is 5.97. The molecule has 158 valence electrons. The standard InChI is InChI=1S/C24H30N4O2/c1-27(19-12-15-30-16-19)24(29)18-10-13-28(14-11-18)23-20-8-5-9-21(20)25-22(26-23)17-6-3-2-4-7-17/h2-4,6-7,18-19H,5,8-16H2,1H3/t19-/m0/s1. The number of fused-ring (bicyclic) bond motifs is 1. The first kappa shape index (κ1) is 19.5. The number of carbonyl (C=O) groups is 1. The maximum Gasteiger partial charge on any atom is 0.225 e. The quantitative estimate of drug-likeness (QED) is 0.781. The number of aryl methyl sites for hydroxylation is 1. The van der Waals surface area contributed by atoms with E-state index in [1.807, 2.05) is 30.1 Å². The fourth-order valence-corrected chi connectivity index (χ4v) is 5.02. The molecule has 3 aliphatic rings. The molecule has 1 atom stereocenters. The summed E-state index contributed by atoms with van der Waals surface area (Å²) in [6.45, 7) is 3.20. The van der Waals surface area contributed by atoms with E-state index in [-0.39, 0.29) is 17.9 Å². The molecule has 2 aliphatic heterocycles. The van der Waals surface area contributed by atoms with E-state index in [0.29, 0.717) is 6.61 Å². The fourth-order valence-electron chi connectivity index (χ4n) is 5.02. The normalized spacial score (nSPS) is 21.6. The van der Waals surface area contributed by atoms with Gasteiger partial charge in [-0.05, 0) is 38.5 Å². The third-order valence-electron chi connectivity index (χ3n) is 6.89. The first-order chi connectivity index (χ1) is 14.7. The second-order valence-corrected chi connectivity index (χ2v) is 8.74. The van der Waals surface area contributed by atoms with E-state index < -0.39 is 0 Å². The van der Waals surface area contributed by atoms with Crippen molar-refractivity contribution in [3.8, 4) is 11.4 Å². The number of anilines is 1. The average molecular weight is 407 g/mol. The number of aromatic nitrogens is 2. The average Bonchev–Trinajstić information content (AvgIpc) is 3.50. The molecule has 30 heavy (non-hydrogen) atoms. The van der Waals surface area contributed by atoms with Gasteiger partial charge >= 0.3 is 0 Å². The Morgan fingerprint density at radius 1 is 1.10 bits per heavy atom. The Labute approximate surface area is 178 Å². The minimum atomic E-state index is 0.107. The van der Waals surface area contributed by atoms with Crippen LogP contribution in [0.5, 0.6) is 0 Å². The van der Waals surface area contributed by atoms with Gasteiger partial charge in [0.05, 0.1) is 12.6 Å². The zero-order chi connectivity index (χ0) is 20.5. The van der Waals surface area contributed by atoms with Gasteiger partial charge in [0, 0.05) is 49.5 Å². The molecular weight excluding hydrogens is 376 g/mol. The summed E-state index contributed by atoms with van der Waals surface area (Å²) in [6, 6.07) is 10.5. The summed E-state index contributed by atoms with van der Waals surface area (Å²) in [7, 11) is 1.94. The number of amides is 1. The lowest BCUT2D eigenvalue weighted by Gasteiger charge is -2.36. The van der Waals surface area contributed by atoms with Crippen molar-refractivity contribution in [2.24, 2.45) is 5.92 Å². The van der Waals surface area contributed by atoms with Gasteiger partial charge in [0.25, 0.3) is 0 Å². The van der Waals surface area contributed by atoms with Gasteiger partial charge in [-0.1, -0.05) is 30.3 Å². The van der Waals surface area contributed by atoms with Crippen LogP contribution in [0.25, 0.3) is 11.4 Å². The second kappa shape index (κ2) is 8.34. The lowest BCUT2D eigenvalue weighted by Crippen LogP contribution is -2.45. The Hall–Kier alpha value is -2.47. The number of hydrogen-bond acceptors (Lipinski definition) is 5. The molecule has 6 nitrogen and oxygen atoms in total. The maximum atomic E-state index is 13.0. The Balaban J connectivity index is 1.32. The lowest BCUT2D eigenvalue weighted by molar-refractivity contribution is -0.137. The molecular formula is C24H30N4O2. The van der Waals surface area contributed by atoms with Crippen molar-refractivity contribution < 1.29 is 9.53 Å².